The van der Waals surface area contributed by atoms with E-state index in [1.54, 1.807) is 0 Å². The van der Waals surface area contributed by atoms with E-state index in [1.165, 1.54) is 6.42 Å². The van der Waals surface area contributed by atoms with Crippen LogP contribution in [-0.4, -0.2) is 65.2 Å². The van der Waals surface area contributed by atoms with Gasteiger partial charge in [-0.25, -0.2) is 5.06 Å². The van der Waals surface area contributed by atoms with Gasteiger partial charge in [0.25, 0.3) is 5.91 Å². The fourth-order valence-corrected chi connectivity index (χ4v) is 4.83. The third kappa shape index (κ3) is 8.12. The highest BCUT2D eigenvalue weighted by Gasteiger charge is 2.33. The molecule has 0 aromatic heterocycles. The molecule has 2 unspecified atom stereocenters. The Morgan fingerprint density at radius 2 is 1.82 bits per heavy atom. The van der Waals surface area contributed by atoms with Gasteiger partial charge in [0.15, 0.2) is 6.17 Å². The molecule has 8 nitrogen and oxygen atoms in total. The van der Waals surface area contributed by atoms with Crippen molar-refractivity contribution in [2.24, 2.45) is 5.92 Å². The van der Waals surface area contributed by atoms with Gasteiger partial charge >= 0.3 is 0 Å². The average molecular weight is 459 g/mol. The minimum atomic E-state index is -0.746. The lowest BCUT2D eigenvalue weighted by Crippen LogP contribution is -2.60. The van der Waals surface area contributed by atoms with Gasteiger partial charge in [-0.2, -0.15) is 0 Å². The van der Waals surface area contributed by atoms with Gasteiger partial charge in [-0.05, 0) is 44.1 Å². The molecular formula is C25H38N4O4. The Kier molecular flexibility index (Phi) is 10.2. The van der Waals surface area contributed by atoms with Gasteiger partial charge in [-0.15, -0.1) is 0 Å². The first kappa shape index (κ1) is 25.2. The Balaban J connectivity index is 1.72. The lowest BCUT2D eigenvalue weighted by molar-refractivity contribution is -0.155. The number of likely N-dealkylation sites (tertiary alicyclic amines) is 1. The summed E-state index contributed by atoms with van der Waals surface area (Å²) >= 11 is 0. The Hall–Kier alpha value is -2.45. The predicted molar refractivity (Wildman–Crippen MR) is 126 cm³/mol. The number of carbonyl (C=O) groups excluding carboxylic acids is 3. The number of nitrogens with zero attached hydrogens (tertiary/aromatic N) is 2. The molecular weight excluding hydrogens is 420 g/mol. The number of hydrogen-bond donors (Lipinski definition) is 3. The van der Waals surface area contributed by atoms with E-state index in [4.69, 9.17) is 0 Å². The highest BCUT2D eigenvalue weighted by Crippen LogP contribution is 2.20. The summed E-state index contributed by atoms with van der Waals surface area (Å²) < 4.78 is 0. The number of allylic oxidation sites excluding steroid dienone is 6. The Morgan fingerprint density at radius 1 is 1.09 bits per heavy atom. The lowest BCUT2D eigenvalue weighted by Gasteiger charge is -2.36. The maximum atomic E-state index is 13.4. The van der Waals surface area contributed by atoms with Crippen LogP contribution < -0.4 is 10.6 Å². The molecule has 3 amide bonds. The second-order valence-corrected chi connectivity index (χ2v) is 9.29. The van der Waals surface area contributed by atoms with Crippen molar-refractivity contribution < 1.29 is 19.6 Å². The number of piperidine rings is 1. The van der Waals surface area contributed by atoms with Crippen LogP contribution in [0.3, 0.4) is 0 Å². The number of rotatable bonds is 10. The monoisotopic (exact) mass is 458 g/mol. The van der Waals surface area contributed by atoms with Gasteiger partial charge in [0.1, 0.15) is 0 Å². The summed E-state index contributed by atoms with van der Waals surface area (Å²) in [6.07, 6.45) is 19.1. The van der Waals surface area contributed by atoms with Crippen molar-refractivity contribution in [3.63, 3.8) is 0 Å². The number of hydrogen-bond acceptors (Lipinski definition) is 5. The van der Waals surface area contributed by atoms with Crippen molar-refractivity contribution in [1.29, 1.82) is 0 Å². The van der Waals surface area contributed by atoms with Gasteiger partial charge in [-0.3, -0.25) is 24.5 Å². The highest BCUT2D eigenvalue weighted by atomic mass is 16.5. The van der Waals surface area contributed by atoms with E-state index < -0.39 is 12.1 Å². The van der Waals surface area contributed by atoms with Gasteiger partial charge < -0.3 is 10.6 Å². The maximum absolute atomic E-state index is 13.4. The topological polar surface area (TPSA) is 102 Å². The molecule has 1 saturated heterocycles. The summed E-state index contributed by atoms with van der Waals surface area (Å²) in [6, 6.07) is 0.155. The molecule has 3 rings (SSSR count). The Morgan fingerprint density at radius 3 is 2.55 bits per heavy atom. The number of amides is 3. The number of hydroxylamine groups is 2. The van der Waals surface area contributed by atoms with Crippen molar-refractivity contribution >= 4 is 18.2 Å². The molecule has 2 aliphatic carbocycles. The largest absolute Gasteiger partial charge is 0.350 e. The molecule has 0 aromatic rings. The summed E-state index contributed by atoms with van der Waals surface area (Å²) in [5.74, 6) is -1.19. The van der Waals surface area contributed by atoms with Crippen molar-refractivity contribution in [2.75, 3.05) is 19.6 Å². The van der Waals surface area contributed by atoms with E-state index in [0.29, 0.717) is 17.9 Å². The second kappa shape index (κ2) is 13.3. The van der Waals surface area contributed by atoms with Crippen molar-refractivity contribution in [2.45, 2.75) is 76.4 Å². The molecule has 3 aliphatic rings. The molecule has 2 fully saturated rings. The molecule has 1 aliphatic heterocycles. The minimum Gasteiger partial charge on any atom is -0.350 e. The summed E-state index contributed by atoms with van der Waals surface area (Å²) in [5, 5.41) is 16.4. The van der Waals surface area contributed by atoms with Gasteiger partial charge in [0.05, 0.1) is 12.5 Å². The molecule has 1 saturated carbocycles. The van der Waals surface area contributed by atoms with Crippen LogP contribution in [0.15, 0.2) is 36.0 Å². The second-order valence-electron chi connectivity index (χ2n) is 9.29. The molecule has 0 bridgehead atoms. The van der Waals surface area contributed by atoms with Crippen LogP contribution >= 0.6 is 0 Å². The first-order valence-corrected chi connectivity index (χ1v) is 12.3. The third-order valence-electron chi connectivity index (χ3n) is 6.67. The van der Waals surface area contributed by atoms with Gasteiger partial charge in [0.2, 0.25) is 12.3 Å². The van der Waals surface area contributed by atoms with Crippen LogP contribution in [0, 0.1) is 5.92 Å². The zero-order chi connectivity index (χ0) is 23.5. The fourth-order valence-electron chi connectivity index (χ4n) is 4.83. The SMILES string of the molecule is O=CN(O)CC(CC1=CC=CCC=C1)C(=O)NC(C(=O)NC1CCCCC1)N1CCCCC1. The summed E-state index contributed by atoms with van der Waals surface area (Å²) in [5.41, 5.74) is 0.935. The molecule has 0 radical (unpaired) electrons. The zero-order valence-electron chi connectivity index (χ0n) is 19.5. The molecule has 8 heteroatoms. The van der Waals surface area contributed by atoms with Crippen LogP contribution in [-0.2, 0) is 14.4 Å². The fraction of sp³-hybridized carbons (Fsp3) is 0.640. The number of carbonyl (C=O) groups is 3. The molecule has 1 heterocycles. The van der Waals surface area contributed by atoms with Crippen molar-refractivity contribution in [3.05, 3.63) is 36.0 Å². The average Bonchev–Trinajstić information content (AvgIpc) is 3.11. The van der Waals surface area contributed by atoms with Gasteiger partial charge in [-0.1, -0.05) is 56.1 Å². The third-order valence-corrected chi connectivity index (χ3v) is 6.67. The van der Waals surface area contributed by atoms with Gasteiger partial charge in [0, 0.05) is 19.1 Å². The van der Waals surface area contributed by atoms with Crippen LogP contribution in [0.1, 0.15) is 64.2 Å². The predicted octanol–water partition coefficient (Wildman–Crippen LogP) is 2.66. The van der Waals surface area contributed by atoms with E-state index >= 15 is 0 Å². The lowest BCUT2D eigenvalue weighted by atomic mass is 9.95. The zero-order valence-corrected chi connectivity index (χ0v) is 19.5. The summed E-state index contributed by atoms with van der Waals surface area (Å²) in [4.78, 5) is 39.7. The molecule has 2 atom stereocenters. The van der Waals surface area contributed by atoms with E-state index in [0.717, 1.165) is 70.0 Å². The summed E-state index contributed by atoms with van der Waals surface area (Å²) in [6.45, 7) is 1.38. The molecule has 3 N–H and O–H groups in total. The summed E-state index contributed by atoms with van der Waals surface area (Å²) in [7, 11) is 0. The first-order valence-electron chi connectivity index (χ1n) is 12.3. The minimum absolute atomic E-state index is 0.138. The van der Waals surface area contributed by atoms with E-state index in [1.807, 2.05) is 35.3 Å². The van der Waals surface area contributed by atoms with Crippen LogP contribution in [0.5, 0.6) is 0 Å². The number of nitrogens with one attached hydrogen (secondary N) is 2. The highest BCUT2D eigenvalue weighted by molar-refractivity contribution is 5.88. The van der Waals surface area contributed by atoms with E-state index in [2.05, 4.69) is 10.6 Å². The molecule has 0 spiro atoms. The van der Waals surface area contributed by atoms with E-state index in [-0.39, 0.29) is 24.4 Å². The Labute approximate surface area is 196 Å². The first-order chi connectivity index (χ1) is 16.1. The van der Waals surface area contributed by atoms with E-state index in [9.17, 15) is 19.6 Å². The maximum Gasteiger partial charge on any atom is 0.258 e. The van der Waals surface area contributed by atoms with Crippen molar-refractivity contribution in [1.82, 2.24) is 20.6 Å². The normalized spacial score (nSPS) is 21.4. The Bertz CT molecular complexity index is 752. The van der Waals surface area contributed by atoms with Crippen molar-refractivity contribution in [3.8, 4) is 0 Å². The molecule has 0 aromatic carbocycles. The van der Waals surface area contributed by atoms with Crippen LogP contribution in [0.25, 0.3) is 0 Å². The molecule has 182 valence electrons. The van der Waals surface area contributed by atoms with Crippen LogP contribution in [0.2, 0.25) is 0 Å². The smallest absolute Gasteiger partial charge is 0.258 e. The molecule has 33 heavy (non-hydrogen) atoms. The quantitative estimate of drug-likeness (QED) is 0.265. The van der Waals surface area contributed by atoms with Crippen LogP contribution in [0.4, 0.5) is 0 Å². The standard InChI is InChI=1S/C25H38N4O4/c30-19-29(33)18-21(17-20-11-5-1-2-6-12-20)24(31)27-23(28-15-9-4-10-16-28)25(32)26-22-13-7-3-8-14-22/h1,5-6,11-12,19,21-23,33H,2-4,7-10,13-18H2,(H,26,32)(H,27,31).